The molecular formula is C13H16F2O2. The number of halogens is 2. The van der Waals surface area contributed by atoms with Gasteiger partial charge in [-0.25, -0.2) is 8.78 Å². The molecule has 0 spiro atoms. The van der Waals surface area contributed by atoms with Crippen LogP contribution in [-0.2, 0) is 10.3 Å². The van der Waals surface area contributed by atoms with E-state index in [2.05, 4.69) is 0 Å². The van der Waals surface area contributed by atoms with Crippen LogP contribution in [0.2, 0.25) is 0 Å². The minimum Gasteiger partial charge on any atom is -0.382 e. The first-order chi connectivity index (χ1) is 8.09. The highest BCUT2D eigenvalue weighted by atomic mass is 19.1. The van der Waals surface area contributed by atoms with E-state index < -0.39 is 23.3 Å². The molecule has 4 heteroatoms. The van der Waals surface area contributed by atoms with Gasteiger partial charge in [-0.2, -0.15) is 0 Å². The molecule has 0 aliphatic heterocycles. The number of aliphatic hydroxyl groups is 1. The number of benzene rings is 1. The number of hydrogen-bond donors (Lipinski definition) is 1. The van der Waals surface area contributed by atoms with Crippen molar-refractivity contribution >= 4 is 0 Å². The highest BCUT2D eigenvalue weighted by Gasteiger charge is 2.44. The highest BCUT2D eigenvalue weighted by Crippen LogP contribution is 2.40. The maximum absolute atomic E-state index is 13.7. The molecular weight excluding hydrogens is 226 g/mol. The van der Waals surface area contributed by atoms with E-state index in [-0.39, 0.29) is 5.56 Å². The fraction of sp³-hybridized carbons (Fsp3) is 0.538. The van der Waals surface area contributed by atoms with Crippen LogP contribution in [-0.4, -0.2) is 18.3 Å². The summed E-state index contributed by atoms with van der Waals surface area (Å²) in [5.41, 5.74) is -1.81. The summed E-state index contributed by atoms with van der Waals surface area (Å²) in [5.74, 6) is -1.42. The third kappa shape index (κ3) is 2.07. The first-order valence-corrected chi connectivity index (χ1v) is 5.79. The average molecular weight is 242 g/mol. The second-order valence-corrected chi connectivity index (χ2v) is 4.49. The van der Waals surface area contributed by atoms with Gasteiger partial charge in [-0.15, -0.1) is 0 Å². The molecule has 1 aliphatic carbocycles. The molecule has 2 atom stereocenters. The van der Waals surface area contributed by atoms with Gasteiger partial charge in [0, 0.05) is 7.11 Å². The average Bonchev–Trinajstić information content (AvgIpc) is 2.29. The lowest BCUT2D eigenvalue weighted by Crippen LogP contribution is -2.44. The zero-order valence-electron chi connectivity index (χ0n) is 9.75. The molecule has 0 aromatic heterocycles. The Kier molecular flexibility index (Phi) is 3.45. The quantitative estimate of drug-likeness (QED) is 0.864. The van der Waals surface area contributed by atoms with Crippen molar-refractivity contribution < 1.29 is 18.6 Å². The number of methoxy groups -OCH3 is 1. The fourth-order valence-corrected chi connectivity index (χ4v) is 2.63. The number of ether oxygens (including phenoxy) is 1. The van der Waals surface area contributed by atoms with Crippen LogP contribution in [0.25, 0.3) is 0 Å². The van der Waals surface area contributed by atoms with Crippen LogP contribution in [0, 0.1) is 11.6 Å². The van der Waals surface area contributed by atoms with E-state index in [1.807, 2.05) is 0 Å². The van der Waals surface area contributed by atoms with Crippen LogP contribution in [0.4, 0.5) is 8.78 Å². The summed E-state index contributed by atoms with van der Waals surface area (Å²) >= 11 is 0. The largest absolute Gasteiger partial charge is 0.382 e. The van der Waals surface area contributed by atoms with Crippen molar-refractivity contribution in [3.05, 3.63) is 35.4 Å². The summed E-state index contributed by atoms with van der Waals surface area (Å²) in [6, 6.07) is 3.62. The molecule has 1 aromatic rings. The van der Waals surface area contributed by atoms with Gasteiger partial charge in [-0.3, -0.25) is 0 Å². The van der Waals surface area contributed by atoms with Crippen molar-refractivity contribution in [2.45, 2.75) is 37.4 Å². The van der Waals surface area contributed by atoms with Gasteiger partial charge in [0.2, 0.25) is 0 Å². The van der Waals surface area contributed by atoms with Crippen LogP contribution >= 0.6 is 0 Å². The first-order valence-electron chi connectivity index (χ1n) is 5.79. The fourth-order valence-electron chi connectivity index (χ4n) is 2.63. The highest BCUT2D eigenvalue weighted by molar-refractivity contribution is 5.28. The Hall–Kier alpha value is -1.00. The molecule has 2 unspecified atom stereocenters. The lowest BCUT2D eigenvalue weighted by atomic mass is 9.77. The van der Waals surface area contributed by atoms with Crippen molar-refractivity contribution in [2.75, 3.05) is 7.11 Å². The van der Waals surface area contributed by atoms with E-state index in [1.165, 1.54) is 13.2 Å². The number of hydrogen-bond acceptors (Lipinski definition) is 2. The van der Waals surface area contributed by atoms with Gasteiger partial charge < -0.3 is 9.84 Å². The Morgan fingerprint density at radius 1 is 1.29 bits per heavy atom. The zero-order valence-corrected chi connectivity index (χ0v) is 9.75. The molecule has 1 aromatic carbocycles. The van der Waals surface area contributed by atoms with E-state index >= 15 is 0 Å². The molecule has 0 heterocycles. The van der Waals surface area contributed by atoms with Crippen molar-refractivity contribution in [1.29, 1.82) is 0 Å². The van der Waals surface area contributed by atoms with Gasteiger partial charge in [0.05, 0.1) is 11.7 Å². The molecule has 1 aliphatic rings. The molecule has 2 nitrogen and oxygen atoms in total. The minimum absolute atomic E-state index is 0.258. The van der Waals surface area contributed by atoms with Gasteiger partial charge in [-0.1, -0.05) is 18.9 Å². The lowest BCUT2D eigenvalue weighted by molar-refractivity contribution is -0.126. The summed E-state index contributed by atoms with van der Waals surface area (Å²) < 4.78 is 32.7. The van der Waals surface area contributed by atoms with E-state index in [1.54, 1.807) is 0 Å². The summed E-state index contributed by atoms with van der Waals surface area (Å²) in [7, 11) is 1.46. The first kappa shape index (κ1) is 12.5. The summed E-state index contributed by atoms with van der Waals surface area (Å²) in [6.45, 7) is 0. The maximum atomic E-state index is 13.7. The van der Waals surface area contributed by atoms with Crippen LogP contribution in [0.5, 0.6) is 0 Å². The molecule has 0 radical (unpaired) electrons. The Labute approximate surface area is 99.2 Å². The summed E-state index contributed by atoms with van der Waals surface area (Å²) in [4.78, 5) is 0. The molecule has 17 heavy (non-hydrogen) atoms. The Morgan fingerprint density at radius 2 is 1.94 bits per heavy atom. The van der Waals surface area contributed by atoms with Crippen molar-refractivity contribution in [1.82, 2.24) is 0 Å². The summed E-state index contributed by atoms with van der Waals surface area (Å²) in [5, 5.41) is 10.6. The SMILES string of the molecule is COC1CCCCC1(O)c1c(F)cccc1F. The van der Waals surface area contributed by atoms with E-state index in [0.717, 1.165) is 25.0 Å². The Balaban J connectivity index is 2.48. The van der Waals surface area contributed by atoms with Gasteiger partial charge in [0.25, 0.3) is 0 Å². The minimum atomic E-state index is -1.55. The second kappa shape index (κ2) is 4.70. The van der Waals surface area contributed by atoms with Gasteiger partial charge in [-0.05, 0) is 25.0 Å². The smallest absolute Gasteiger partial charge is 0.132 e. The van der Waals surface area contributed by atoms with Crippen LogP contribution in [0.3, 0.4) is 0 Å². The van der Waals surface area contributed by atoms with E-state index in [9.17, 15) is 13.9 Å². The molecule has 0 amide bonds. The molecule has 94 valence electrons. The lowest BCUT2D eigenvalue weighted by Gasteiger charge is -2.39. The van der Waals surface area contributed by atoms with Gasteiger partial charge in [0.15, 0.2) is 0 Å². The van der Waals surface area contributed by atoms with Gasteiger partial charge >= 0.3 is 0 Å². The van der Waals surface area contributed by atoms with Crippen molar-refractivity contribution in [2.24, 2.45) is 0 Å². The number of rotatable bonds is 2. The standard InChI is InChI=1S/C13H16F2O2/c1-17-11-7-2-3-8-13(11,16)12-9(14)5-4-6-10(12)15/h4-6,11,16H,2-3,7-8H2,1H3. The predicted molar refractivity (Wildman–Crippen MR) is 59.5 cm³/mol. The molecule has 1 N–H and O–H groups in total. The Bertz CT molecular complexity index is 388. The second-order valence-electron chi connectivity index (χ2n) is 4.49. The van der Waals surface area contributed by atoms with E-state index in [4.69, 9.17) is 4.74 Å². The molecule has 2 rings (SSSR count). The van der Waals surface area contributed by atoms with Crippen LogP contribution < -0.4 is 0 Å². The van der Waals surface area contributed by atoms with Gasteiger partial charge in [0.1, 0.15) is 17.2 Å². The molecule has 0 bridgehead atoms. The Morgan fingerprint density at radius 3 is 2.53 bits per heavy atom. The normalized spacial score (nSPS) is 29.3. The summed E-state index contributed by atoms with van der Waals surface area (Å²) in [6.07, 6.45) is 2.02. The van der Waals surface area contributed by atoms with Crippen LogP contribution in [0.15, 0.2) is 18.2 Å². The monoisotopic (exact) mass is 242 g/mol. The van der Waals surface area contributed by atoms with Crippen LogP contribution in [0.1, 0.15) is 31.2 Å². The van der Waals surface area contributed by atoms with E-state index in [0.29, 0.717) is 12.8 Å². The van der Waals surface area contributed by atoms with Crippen molar-refractivity contribution in [3.8, 4) is 0 Å². The van der Waals surface area contributed by atoms with Crippen molar-refractivity contribution in [3.63, 3.8) is 0 Å². The molecule has 1 fully saturated rings. The molecule has 0 saturated heterocycles. The molecule has 1 saturated carbocycles. The third-order valence-corrected chi connectivity index (χ3v) is 3.49. The topological polar surface area (TPSA) is 29.5 Å². The maximum Gasteiger partial charge on any atom is 0.132 e. The predicted octanol–water partition coefficient (Wildman–Crippen LogP) is 2.74. The zero-order chi connectivity index (χ0) is 12.5. The third-order valence-electron chi connectivity index (χ3n) is 3.49.